The summed E-state index contributed by atoms with van der Waals surface area (Å²) in [5, 5.41) is 3.09. The van der Waals surface area contributed by atoms with E-state index in [0.29, 0.717) is 12.5 Å². The van der Waals surface area contributed by atoms with Gasteiger partial charge in [0.05, 0.1) is 6.33 Å². The Bertz CT molecular complexity index is 673. The Morgan fingerprint density at radius 3 is 2.93 bits per heavy atom. The van der Waals surface area contributed by atoms with Crippen LogP contribution in [0.15, 0.2) is 49.1 Å². The van der Waals surface area contributed by atoms with Gasteiger partial charge in [-0.05, 0) is 37.8 Å². The molecule has 1 fully saturated rings. The van der Waals surface area contributed by atoms with E-state index in [9.17, 15) is 4.79 Å². The summed E-state index contributed by atoms with van der Waals surface area (Å²) in [6.07, 6.45) is 8.93. The highest BCUT2D eigenvalue weighted by Crippen LogP contribution is 2.18. The number of carbonyl (C=O) groups excluding carboxylic acids is 1. The SMILES string of the molecule is CN(CCNC(=O)N1CCC[C@H](Cn2ccnc2)C1)CCc1ccccc1. The molecule has 146 valence electrons. The number of aromatic nitrogens is 2. The van der Waals surface area contributed by atoms with Gasteiger partial charge in [-0.25, -0.2) is 9.78 Å². The van der Waals surface area contributed by atoms with Gasteiger partial charge in [-0.3, -0.25) is 0 Å². The summed E-state index contributed by atoms with van der Waals surface area (Å²) in [5.41, 5.74) is 1.35. The smallest absolute Gasteiger partial charge is 0.317 e. The number of likely N-dealkylation sites (tertiary alicyclic amines) is 1. The van der Waals surface area contributed by atoms with E-state index in [1.807, 2.05) is 29.7 Å². The number of urea groups is 1. The quantitative estimate of drug-likeness (QED) is 0.778. The highest BCUT2D eigenvalue weighted by atomic mass is 16.2. The first kappa shape index (κ1) is 19.4. The molecular weight excluding hydrogens is 338 g/mol. The van der Waals surface area contributed by atoms with Gasteiger partial charge in [0.2, 0.25) is 0 Å². The number of carbonyl (C=O) groups is 1. The zero-order valence-corrected chi connectivity index (χ0v) is 16.3. The molecule has 0 unspecified atom stereocenters. The summed E-state index contributed by atoms with van der Waals surface area (Å²) < 4.78 is 2.10. The Hall–Kier alpha value is -2.34. The topological polar surface area (TPSA) is 53.4 Å². The largest absolute Gasteiger partial charge is 0.337 e. The Morgan fingerprint density at radius 2 is 2.15 bits per heavy atom. The second-order valence-corrected chi connectivity index (χ2v) is 7.48. The number of nitrogens with zero attached hydrogens (tertiary/aromatic N) is 4. The molecule has 27 heavy (non-hydrogen) atoms. The molecule has 3 rings (SSSR count). The molecule has 2 heterocycles. The maximum atomic E-state index is 12.5. The monoisotopic (exact) mass is 369 g/mol. The molecular formula is C21H31N5O. The zero-order valence-electron chi connectivity index (χ0n) is 16.3. The third-order valence-corrected chi connectivity index (χ3v) is 5.23. The standard InChI is InChI=1S/C21H31N5O/c1-24(13-9-19-6-3-2-4-7-19)14-11-23-21(27)26-12-5-8-20(17-26)16-25-15-10-22-18-25/h2-4,6-7,10,15,18,20H,5,8-9,11-14,16-17H2,1H3,(H,23,27)/t20-/m1/s1. The highest BCUT2D eigenvalue weighted by molar-refractivity contribution is 5.74. The van der Waals surface area contributed by atoms with Crippen LogP contribution in [0.5, 0.6) is 0 Å². The van der Waals surface area contributed by atoms with E-state index in [0.717, 1.165) is 45.6 Å². The summed E-state index contributed by atoms with van der Waals surface area (Å²) in [6.45, 7) is 5.17. The Balaban J connectivity index is 1.33. The fourth-order valence-corrected chi connectivity index (χ4v) is 3.63. The number of piperidine rings is 1. The van der Waals surface area contributed by atoms with Crippen LogP contribution in [-0.4, -0.2) is 65.2 Å². The summed E-state index contributed by atoms with van der Waals surface area (Å²) in [4.78, 5) is 20.8. The molecule has 1 saturated heterocycles. The van der Waals surface area contributed by atoms with Crippen molar-refractivity contribution < 1.29 is 4.79 Å². The van der Waals surface area contributed by atoms with Crippen molar-refractivity contribution in [1.82, 2.24) is 24.7 Å². The van der Waals surface area contributed by atoms with Crippen molar-refractivity contribution in [2.75, 3.05) is 39.8 Å². The minimum Gasteiger partial charge on any atom is -0.337 e. The predicted molar refractivity (Wildman–Crippen MR) is 108 cm³/mol. The van der Waals surface area contributed by atoms with Crippen LogP contribution in [0.25, 0.3) is 0 Å². The molecule has 1 atom stereocenters. The second kappa shape index (κ2) is 10.1. The van der Waals surface area contributed by atoms with Gasteiger partial charge in [0.25, 0.3) is 0 Å². The van der Waals surface area contributed by atoms with E-state index in [1.54, 1.807) is 0 Å². The van der Waals surface area contributed by atoms with Gasteiger partial charge < -0.3 is 19.7 Å². The molecule has 0 bridgehead atoms. The van der Waals surface area contributed by atoms with Crippen LogP contribution in [0.1, 0.15) is 18.4 Å². The Morgan fingerprint density at radius 1 is 1.30 bits per heavy atom. The lowest BCUT2D eigenvalue weighted by atomic mass is 9.98. The molecule has 0 aliphatic carbocycles. The van der Waals surface area contributed by atoms with Crippen LogP contribution >= 0.6 is 0 Å². The third-order valence-electron chi connectivity index (χ3n) is 5.23. The summed E-state index contributed by atoms with van der Waals surface area (Å²) in [5.74, 6) is 0.507. The van der Waals surface area contributed by atoms with Crippen LogP contribution in [0.4, 0.5) is 4.79 Å². The van der Waals surface area contributed by atoms with Gasteiger partial charge >= 0.3 is 6.03 Å². The molecule has 6 nitrogen and oxygen atoms in total. The van der Waals surface area contributed by atoms with Gasteiger partial charge in [0.1, 0.15) is 0 Å². The summed E-state index contributed by atoms with van der Waals surface area (Å²) >= 11 is 0. The van der Waals surface area contributed by atoms with E-state index in [4.69, 9.17) is 0 Å². The third kappa shape index (κ3) is 6.40. The normalized spacial score (nSPS) is 17.3. The minimum absolute atomic E-state index is 0.0711. The Kier molecular flexibility index (Phi) is 7.27. The summed E-state index contributed by atoms with van der Waals surface area (Å²) in [7, 11) is 2.11. The highest BCUT2D eigenvalue weighted by Gasteiger charge is 2.23. The zero-order chi connectivity index (χ0) is 18.9. The van der Waals surface area contributed by atoms with Crippen LogP contribution in [0, 0.1) is 5.92 Å². The van der Waals surface area contributed by atoms with Crippen molar-refractivity contribution in [3.05, 3.63) is 54.6 Å². The van der Waals surface area contributed by atoms with Crippen molar-refractivity contribution >= 4 is 6.03 Å². The van der Waals surface area contributed by atoms with E-state index >= 15 is 0 Å². The number of benzene rings is 1. The molecule has 1 aliphatic heterocycles. The van der Waals surface area contributed by atoms with Crippen LogP contribution < -0.4 is 5.32 Å². The first-order valence-corrected chi connectivity index (χ1v) is 9.91. The number of amides is 2. The van der Waals surface area contributed by atoms with Gasteiger partial charge in [-0.2, -0.15) is 0 Å². The van der Waals surface area contributed by atoms with Crippen molar-refractivity contribution in [3.63, 3.8) is 0 Å². The maximum absolute atomic E-state index is 12.5. The minimum atomic E-state index is 0.0711. The fourth-order valence-electron chi connectivity index (χ4n) is 3.63. The van der Waals surface area contributed by atoms with Gasteiger partial charge in [-0.1, -0.05) is 30.3 Å². The van der Waals surface area contributed by atoms with Crippen LogP contribution in [0.2, 0.25) is 0 Å². The van der Waals surface area contributed by atoms with E-state index in [2.05, 4.69) is 51.1 Å². The summed E-state index contributed by atoms with van der Waals surface area (Å²) in [6, 6.07) is 10.6. The van der Waals surface area contributed by atoms with E-state index in [1.165, 1.54) is 12.0 Å². The molecule has 1 N–H and O–H groups in total. The second-order valence-electron chi connectivity index (χ2n) is 7.48. The molecule has 0 saturated carbocycles. The van der Waals surface area contributed by atoms with Crippen molar-refractivity contribution in [2.45, 2.75) is 25.8 Å². The van der Waals surface area contributed by atoms with Crippen molar-refractivity contribution in [3.8, 4) is 0 Å². The number of hydrogen-bond acceptors (Lipinski definition) is 3. The van der Waals surface area contributed by atoms with Gasteiger partial charge in [0, 0.05) is 51.7 Å². The maximum Gasteiger partial charge on any atom is 0.317 e. The van der Waals surface area contributed by atoms with Gasteiger partial charge in [-0.15, -0.1) is 0 Å². The molecule has 0 spiro atoms. The first-order chi connectivity index (χ1) is 13.2. The van der Waals surface area contributed by atoms with E-state index in [-0.39, 0.29) is 6.03 Å². The first-order valence-electron chi connectivity index (χ1n) is 9.91. The average molecular weight is 370 g/mol. The molecule has 1 aromatic heterocycles. The van der Waals surface area contributed by atoms with Crippen LogP contribution in [-0.2, 0) is 13.0 Å². The lowest BCUT2D eigenvalue weighted by molar-refractivity contribution is 0.158. The van der Waals surface area contributed by atoms with E-state index < -0.39 is 0 Å². The number of hydrogen-bond donors (Lipinski definition) is 1. The number of likely N-dealkylation sites (N-methyl/N-ethyl adjacent to an activating group) is 1. The molecule has 2 aromatic rings. The number of imidazole rings is 1. The molecule has 1 aliphatic rings. The van der Waals surface area contributed by atoms with Crippen molar-refractivity contribution in [2.24, 2.45) is 5.92 Å². The molecule has 6 heteroatoms. The predicted octanol–water partition coefficient (Wildman–Crippen LogP) is 2.48. The van der Waals surface area contributed by atoms with Crippen LogP contribution in [0.3, 0.4) is 0 Å². The molecule has 2 amide bonds. The lowest BCUT2D eigenvalue weighted by Gasteiger charge is -2.33. The fraction of sp³-hybridized carbons (Fsp3) is 0.524. The molecule has 0 radical (unpaired) electrons. The number of rotatable bonds is 8. The van der Waals surface area contributed by atoms with Gasteiger partial charge in [0.15, 0.2) is 0 Å². The average Bonchev–Trinajstić information content (AvgIpc) is 3.20. The Labute approximate surface area is 162 Å². The lowest BCUT2D eigenvalue weighted by Crippen LogP contribution is -2.47. The molecule has 1 aromatic carbocycles. The van der Waals surface area contributed by atoms with Crippen molar-refractivity contribution in [1.29, 1.82) is 0 Å². The number of nitrogens with one attached hydrogen (secondary N) is 1.